The topological polar surface area (TPSA) is 59.3 Å². The summed E-state index contributed by atoms with van der Waals surface area (Å²) >= 11 is 1.19. The Morgan fingerprint density at radius 3 is 2.65 bits per heavy atom. The van der Waals surface area contributed by atoms with Gasteiger partial charge in [-0.25, -0.2) is 13.1 Å². The highest BCUT2D eigenvalue weighted by Crippen LogP contribution is 2.21. The fourth-order valence-electron chi connectivity index (χ4n) is 1.95. The molecule has 0 spiro atoms. The molecule has 0 aliphatic carbocycles. The van der Waals surface area contributed by atoms with Crippen molar-refractivity contribution < 1.29 is 14.3 Å². The minimum atomic E-state index is -1.36. The Bertz CT molecular complexity index is 882. The second-order valence-corrected chi connectivity index (χ2v) is 5.14. The minimum Gasteiger partial charge on any atom is -0.478 e. The number of hydrogen-bond acceptors (Lipinski definition) is 3. The highest BCUT2D eigenvalue weighted by molar-refractivity contribution is 7.14. The molecule has 0 aliphatic heterocycles. The van der Waals surface area contributed by atoms with Gasteiger partial charge in [-0.05, 0) is 30.3 Å². The van der Waals surface area contributed by atoms with Crippen molar-refractivity contribution in [3.8, 4) is 5.69 Å². The van der Waals surface area contributed by atoms with Crippen LogP contribution in [0, 0.1) is 5.82 Å². The lowest BCUT2D eigenvalue weighted by Crippen LogP contribution is -2.12. The molecule has 0 fully saturated rings. The average Bonchev–Trinajstić information content (AvgIpc) is 2.77. The number of carboxylic acids is 1. The van der Waals surface area contributed by atoms with Crippen LogP contribution in [0.4, 0.5) is 4.39 Å². The molecule has 4 nitrogen and oxygen atoms in total. The molecule has 2 aromatic carbocycles. The van der Waals surface area contributed by atoms with E-state index in [0.29, 0.717) is 11.1 Å². The molecule has 0 radical (unpaired) electrons. The third kappa shape index (κ3) is 1.90. The van der Waals surface area contributed by atoms with E-state index < -0.39 is 17.3 Å². The molecule has 0 aliphatic rings. The van der Waals surface area contributed by atoms with E-state index in [0.717, 1.165) is 16.8 Å². The quantitative estimate of drug-likeness (QED) is 0.789. The van der Waals surface area contributed by atoms with Crippen LogP contribution in [0.5, 0.6) is 0 Å². The van der Waals surface area contributed by atoms with Gasteiger partial charge in [0.2, 0.25) is 0 Å². The van der Waals surface area contributed by atoms with Gasteiger partial charge in [0.15, 0.2) is 0 Å². The molecule has 100 valence electrons. The van der Waals surface area contributed by atoms with Gasteiger partial charge < -0.3 is 5.11 Å². The third-order valence-corrected chi connectivity index (χ3v) is 4.02. The highest BCUT2D eigenvalue weighted by atomic mass is 32.1. The Kier molecular flexibility index (Phi) is 2.87. The molecule has 6 heteroatoms. The lowest BCUT2D eigenvalue weighted by Gasteiger charge is -2.03. The second-order valence-electron chi connectivity index (χ2n) is 4.16. The maximum absolute atomic E-state index is 13.4. The number of carboxylic acid groups (broad SMARTS) is 1. The van der Waals surface area contributed by atoms with Crippen molar-refractivity contribution in [2.45, 2.75) is 0 Å². The maximum Gasteiger partial charge on any atom is 0.338 e. The summed E-state index contributed by atoms with van der Waals surface area (Å²) in [7, 11) is 0. The van der Waals surface area contributed by atoms with Crippen molar-refractivity contribution in [1.29, 1.82) is 0 Å². The zero-order valence-corrected chi connectivity index (χ0v) is 10.9. The number of hydrogen-bond donors (Lipinski definition) is 1. The van der Waals surface area contributed by atoms with Crippen LogP contribution in [0.1, 0.15) is 10.4 Å². The number of halogens is 1. The number of fused-ring (bicyclic) bond motifs is 1. The fourth-order valence-corrected chi connectivity index (χ4v) is 2.94. The summed E-state index contributed by atoms with van der Waals surface area (Å²) in [5.74, 6) is -2.19. The number of aromatic nitrogens is 1. The van der Waals surface area contributed by atoms with E-state index in [2.05, 4.69) is 0 Å². The van der Waals surface area contributed by atoms with Crippen LogP contribution in [0.25, 0.3) is 15.8 Å². The van der Waals surface area contributed by atoms with Gasteiger partial charge in [-0.15, -0.1) is 0 Å². The number of benzene rings is 2. The predicted octanol–water partition coefficient (Wildman–Crippen LogP) is 2.89. The predicted molar refractivity (Wildman–Crippen MR) is 74.3 cm³/mol. The maximum atomic E-state index is 13.4. The Balaban J connectivity index is 2.26. The summed E-state index contributed by atoms with van der Waals surface area (Å²) in [6.45, 7) is 0. The standard InChI is InChI=1S/C14H8FNO3S/c15-11-6-5-8(7-10(11)14(18)19)16-13(17)9-3-1-2-4-12(9)20-16/h1-7H,(H,18,19). The average molecular weight is 289 g/mol. The highest BCUT2D eigenvalue weighted by Gasteiger charge is 2.14. The lowest BCUT2D eigenvalue weighted by molar-refractivity contribution is 0.0692. The molecular weight excluding hydrogens is 281 g/mol. The second kappa shape index (κ2) is 4.57. The summed E-state index contributed by atoms with van der Waals surface area (Å²) in [4.78, 5) is 23.2. The van der Waals surface area contributed by atoms with E-state index in [4.69, 9.17) is 5.11 Å². The number of nitrogens with zero attached hydrogens (tertiary/aromatic N) is 1. The van der Waals surface area contributed by atoms with Gasteiger partial charge in [0.25, 0.3) is 5.56 Å². The normalized spacial score (nSPS) is 10.8. The summed E-state index contributed by atoms with van der Waals surface area (Å²) < 4.78 is 15.5. The van der Waals surface area contributed by atoms with Gasteiger partial charge in [0.05, 0.1) is 21.3 Å². The van der Waals surface area contributed by atoms with Crippen molar-refractivity contribution in [2.24, 2.45) is 0 Å². The molecule has 3 aromatic rings. The SMILES string of the molecule is O=C(O)c1cc(-n2sc3ccccc3c2=O)ccc1F. The van der Waals surface area contributed by atoms with Crippen molar-refractivity contribution >= 4 is 27.6 Å². The first kappa shape index (κ1) is 12.6. The van der Waals surface area contributed by atoms with Crippen molar-refractivity contribution in [2.75, 3.05) is 0 Å². The van der Waals surface area contributed by atoms with E-state index in [9.17, 15) is 14.0 Å². The Morgan fingerprint density at radius 2 is 1.95 bits per heavy atom. The van der Waals surface area contributed by atoms with Gasteiger partial charge in [-0.1, -0.05) is 23.7 Å². The summed E-state index contributed by atoms with van der Waals surface area (Å²) in [6, 6.07) is 10.7. The Morgan fingerprint density at radius 1 is 1.20 bits per heavy atom. The minimum absolute atomic E-state index is 0.242. The fraction of sp³-hybridized carbons (Fsp3) is 0. The van der Waals surface area contributed by atoms with Crippen molar-refractivity contribution in [1.82, 2.24) is 3.96 Å². The molecule has 0 unspecified atom stereocenters. The van der Waals surface area contributed by atoms with Crippen LogP contribution < -0.4 is 5.56 Å². The van der Waals surface area contributed by atoms with E-state index in [-0.39, 0.29) is 5.56 Å². The van der Waals surface area contributed by atoms with E-state index in [1.165, 1.54) is 21.6 Å². The first-order valence-electron chi connectivity index (χ1n) is 5.72. The molecule has 1 heterocycles. The first-order chi connectivity index (χ1) is 9.58. The van der Waals surface area contributed by atoms with Crippen LogP contribution >= 0.6 is 11.5 Å². The number of aromatic carboxylic acids is 1. The summed E-state index contributed by atoms with van der Waals surface area (Å²) in [5.41, 5.74) is -0.351. The Hall–Kier alpha value is -2.47. The smallest absolute Gasteiger partial charge is 0.338 e. The third-order valence-electron chi connectivity index (χ3n) is 2.91. The van der Waals surface area contributed by atoms with E-state index in [1.807, 2.05) is 6.07 Å². The molecule has 1 aromatic heterocycles. The van der Waals surface area contributed by atoms with Crippen LogP contribution in [0.3, 0.4) is 0 Å². The van der Waals surface area contributed by atoms with Gasteiger partial charge in [0, 0.05) is 0 Å². The van der Waals surface area contributed by atoms with Crippen molar-refractivity contribution in [3.05, 3.63) is 64.2 Å². The van der Waals surface area contributed by atoms with Crippen LogP contribution in [-0.2, 0) is 0 Å². The van der Waals surface area contributed by atoms with E-state index in [1.54, 1.807) is 18.2 Å². The van der Waals surface area contributed by atoms with Crippen LogP contribution in [0.15, 0.2) is 47.3 Å². The Labute approximate surface area is 116 Å². The first-order valence-corrected chi connectivity index (χ1v) is 6.49. The zero-order valence-electron chi connectivity index (χ0n) is 10.0. The van der Waals surface area contributed by atoms with Crippen LogP contribution in [-0.4, -0.2) is 15.0 Å². The lowest BCUT2D eigenvalue weighted by atomic mass is 10.2. The van der Waals surface area contributed by atoms with Gasteiger partial charge in [0.1, 0.15) is 5.82 Å². The molecule has 0 bridgehead atoms. The molecule has 0 saturated heterocycles. The molecule has 0 atom stereocenters. The van der Waals surface area contributed by atoms with Crippen molar-refractivity contribution in [3.63, 3.8) is 0 Å². The molecule has 0 saturated carbocycles. The van der Waals surface area contributed by atoms with Gasteiger partial charge in [-0.2, -0.15) is 0 Å². The molecule has 1 N–H and O–H groups in total. The largest absolute Gasteiger partial charge is 0.478 e. The molecule has 0 amide bonds. The monoisotopic (exact) mass is 289 g/mol. The van der Waals surface area contributed by atoms with E-state index >= 15 is 0 Å². The summed E-state index contributed by atoms with van der Waals surface area (Å²) in [6.07, 6.45) is 0. The number of carbonyl (C=O) groups is 1. The summed E-state index contributed by atoms with van der Waals surface area (Å²) in [5, 5.41) is 9.48. The molecular formula is C14H8FNO3S. The molecule has 20 heavy (non-hydrogen) atoms. The molecule has 3 rings (SSSR count). The zero-order chi connectivity index (χ0) is 14.3. The number of rotatable bonds is 2. The van der Waals surface area contributed by atoms with Gasteiger partial charge in [-0.3, -0.25) is 4.79 Å². The van der Waals surface area contributed by atoms with Crippen LogP contribution in [0.2, 0.25) is 0 Å². The van der Waals surface area contributed by atoms with Gasteiger partial charge >= 0.3 is 5.97 Å².